The lowest BCUT2D eigenvalue weighted by atomic mass is 10.2. The van der Waals surface area contributed by atoms with E-state index in [9.17, 15) is 0 Å². The molecule has 0 aromatic carbocycles. The Labute approximate surface area is 62.2 Å². The van der Waals surface area contributed by atoms with E-state index in [1.807, 2.05) is 13.1 Å². The minimum atomic E-state index is 1.15. The van der Waals surface area contributed by atoms with Gasteiger partial charge in [-0.2, -0.15) is 0 Å². The molecule has 0 saturated heterocycles. The number of hydrogen-bond acceptors (Lipinski definition) is 1. The summed E-state index contributed by atoms with van der Waals surface area (Å²) in [5, 5.41) is 0. The van der Waals surface area contributed by atoms with E-state index in [1.165, 1.54) is 24.1 Å². The van der Waals surface area contributed by atoms with Crippen molar-refractivity contribution in [3.63, 3.8) is 0 Å². The Morgan fingerprint density at radius 1 is 1.50 bits per heavy atom. The Balaban J connectivity index is 2.77. The normalized spacial score (nSPS) is 26.1. The largest absolute Gasteiger partial charge is 0.293 e. The van der Waals surface area contributed by atoms with Crippen molar-refractivity contribution in [3.8, 4) is 0 Å². The van der Waals surface area contributed by atoms with Crippen molar-refractivity contribution in [1.82, 2.24) is 0 Å². The van der Waals surface area contributed by atoms with Gasteiger partial charge in [0, 0.05) is 12.8 Å². The summed E-state index contributed by atoms with van der Waals surface area (Å²) in [7, 11) is 1.86. The highest BCUT2D eigenvalue weighted by Gasteiger charge is 2.12. The van der Waals surface area contributed by atoms with E-state index >= 15 is 0 Å². The molecule has 0 N–H and O–H groups in total. The van der Waals surface area contributed by atoms with Gasteiger partial charge >= 0.3 is 0 Å². The van der Waals surface area contributed by atoms with Crippen LogP contribution in [0.2, 0.25) is 0 Å². The van der Waals surface area contributed by atoms with Crippen molar-refractivity contribution in [2.24, 2.45) is 4.99 Å². The molecule has 1 rings (SSSR count). The molecule has 0 aromatic rings. The summed E-state index contributed by atoms with van der Waals surface area (Å²) in [4.78, 5) is 4.19. The smallest absolute Gasteiger partial charge is 0.0376 e. The number of hydrogen-bond donors (Lipinski definition) is 0. The molecule has 0 aliphatic heterocycles. The molecule has 0 atom stereocenters. The van der Waals surface area contributed by atoms with E-state index in [0.29, 0.717) is 0 Å². The van der Waals surface area contributed by atoms with Crippen molar-refractivity contribution in [2.45, 2.75) is 19.3 Å². The fourth-order valence-corrected chi connectivity index (χ4v) is 1.33. The van der Waals surface area contributed by atoms with Crippen molar-refractivity contribution < 1.29 is 0 Å². The number of rotatable bonds is 1. The maximum Gasteiger partial charge on any atom is 0.0376 e. The van der Waals surface area contributed by atoms with E-state index in [-0.39, 0.29) is 0 Å². The van der Waals surface area contributed by atoms with E-state index in [0.717, 1.165) is 6.42 Å². The maximum absolute atomic E-state index is 4.19. The van der Waals surface area contributed by atoms with Crippen LogP contribution in [-0.4, -0.2) is 12.8 Å². The number of nitrogens with zero attached hydrogens (tertiary/aromatic N) is 1. The molecule has 0 radical (unpaired) electrons. The first-order valence-corrected chi connectivity index (χ1v) is 3.66. The zero-order chi connectivity index (χ0) is 7.40. The van der Waals surface area contributed by atoms with Gasteiger partial charge in [0.05, 0.1) is 0 Å². The molecule has 1 heteroatoms. The summed E-state index contributed by atoms with van der Waals surface area (Å²) in [6.45, 7) is 3.66. The quantitative estimate of drug-likeness (QED) is 0.523. The van der Waals surface area contributed by atoms with Gasteiger partial charge in [0.1, 0.15) is 0 Å². The second kappa shape index (κ2) is 3.35. The lowest BCUT2D eigenvalue weighted by molar-refractivity contribution is 0.946. The summed E-state index contributed by atoms with van der Waals surface area (Å²) in [6, 6.07) is 0. The average molecular weight is 135 g/mol. The molecule has 10 heavy (non-hydrogen) atoms. The van der Waals surface area contributed by atoms with Gasteiger partial charge in [-0.25, -0.2) is 0 Å². The van der Waals surface area contributed by atoms with Crippen LogP contribution >= 0.6 is 0 Å². The van der Waals surface area contributed by atoms with Crippen LogP contribution in [0.15, 0.2) is 29.3 Å². The zero-order valence-corrected chi connectivity index (χ0v) is 6.43. The molecule has 1 nitrogen and oxygen atoms in total. The van der Waals surface area contributed by atoms with Crippen LogP contribution in [0.1, 0.15) is 19.3 Å². The predicted octanol–water partition coefficient (Wildman–Crippen LogP) is 2.35. The molecular weight excluding hydrogens is 122 g/mol. The molecule has 0 aromatic heterocycles. The van der Waals surface area contributed by atoms with E-state index < -0.39 is 0 Å². The molecule has 0 spiro atoms. The lowest BCUT2D eigenvalue weighted by Crippen LogP contribution is -1.91. The van der Waals surface area contributed by atoms with Gasteiger partial charge in [-0.15, -0.1) is 0 Å². The molecule has 1 saturated carbocycles. The van der Waals surface area contributed by atoms with E-state index in [4.69, 9.17) is 0 Å². The van der Waals surface area contributed by atoms with Crippen LogP contribution in [0.3, 0.4) is 0 Å². The highest BCUT2D eigenvalue weighted by atomic mass is 14.7. The topological polar surface area (TPSA) is 12.4 Å². The molecule has 0 heterocycles. The number of allylic oxidation sites excluding steroid dienone is 3. The standard InChI is InChI=1S/C9H13N/c1-3-5-8-6-4-7-9(8)10-2/h3,5H,1,4,6-7H2,2H3/b8-5-,10-9?. The summed E-state index contributed by atoms with van der Waals surface area (Å²) in [6.07, 6.45) is 7.49. The Morgan fingerprint density at radius 3 is 2.90 bits per heavy atom. The minimum absolute atomic E-state index is 1.15. The molecule has 1 aliphatic rings. The fraction of sp³-hybridized carbons (Fsp3) is 0.444. The highest BCUT2D eigenvalue weighted by Crippen LogP contribution is 2.21. The van der Waals surface area contributed by atoms with E-state index in [1.54, 1.807) is 0 Å². The Bertz CT molecular complexity index is 187. The Kier molecular flexibility index (Phi) is 2.43. The van der Waals surface area contributed by atoms with Crippen LogP contribution < -0.4 is 0 Å². The van der Waals surface area contributed by atoms with Gasteiger partial charge < -0.3 is 0 Å². The van der Waals surface area contributed by atoms with Crippen molar-refractivity contribution >= 4 is 5.71 Å². The summed E-state index contributed by atoms with van der Waals surface area (Å²) in [5.74, 6) is 0. The maximum atomic E-state index is 4.19. The van der Waals surface area contributed by atoms with Gasteiger partial charge in [-0.3, -0.25) is 4.99 Å². The number of aliphatic imine (C=N–C) groups is 1. The second-order valence-corrected chi connectivity index (χ2v) is 2.45. The molecule has 1 aliphatic carbocycles. The zero-order valence-electron chi connectivity index (χ0n) is 6.43. The monoisotopic (exact) mass is 135 g/mol. The third-order valence-electron chi connectivity index (χ3n) is 1.82. The third-order valence-corrected chi connectivity index (χ3v) is 1.82. The van der Waals surface area contributed by atoms with Crippen molar-refractivity contribution in [1.29, 1.82) is 0 Å². The first kappa shape index (κ1) is 7.26. The summed E-state index contributed by atoms with van der Waals surface area (Å²) >= 11 is 0. The van der Waals surface area contributed by atoms with Crippen LogP contribution in [0.25, 0.3) is 0 Å². The first-order chi connectivity index (χ1) is 4.88. The molecule has 0 amide bonds. The highest BCUT2D eigenvalue weighted by molar-refractivity contribution is 6.02. The van der Waals surface area contributed by atoms with Crippen molar-refractivity contribution in [3.05, 3.63) is 24.3 Å². The average Bonchev–Trinajstić information content (AvgIpc) is 2.36. The third kappa shape index (κ3) is 1.35. The SMILES string of the molecule is C=C/C=C1/CCCC1=NC. The summed E-state index contributed by atoms with van der Waals surface area (Å²) < 4.78 is 0. The first-order valence-electron chi connectivity index (χ1n) is 3.66. The van der Waals surface area contributed by atoms with Gasteiger partial charge in [-0.1, -0.05) is 18.7 Å². The van der Waals surface area contributed by atoms with Gasteiger partial charge in [0.25, 0.3) is 0 Å². The van der Waals surface area contributed by atoms with Crippen LogP contribution in [0, 0.1) is 0 Å². The van der Waals surface area contributed by atoms with Gasteiger partial charge in [-0.05, 0) is 24.8 Å². The van der Waals surface area contributed by atoms with Crippen LogP contribution in [0.4, 0.5) is 0 Å². The Hall–Kier alpha value is -0.850. The van der Waals surface area contributed by atoms with E-state index in [2.05, 4.69) is 17.6 Å². The molecule has 0 bridgehead atoms. The molecule has 1 fully saturated rings. The summed E-state index contributed by atoms with van der Waals surface area (Å²) in [5.41, 5.74) is 2.64. The molecule has 0 unspecified atom stereocenters. The lowest BCUT2D eigenvalue weighted by Gasteiger charge is -1.94. The minimum Gasteiger partial charge on any atom is -0.293 e. The predicted molar refractivity (Wildman–Crippen MR) is 45.5 cm³/mol. The fourth-order valence-electron chi connectivity index (χ4n) is 1.33. The van der Waals surface area contributed by atoms with Crippen LogP contribution in [-0.2, 0) is 0 Å². The molecular formula is C9H13N. The van der Waals surface area contributed by atoms with Crippen LogP contribution in [0.5, 0.6) is 0 Å². The van der Waals surface area contributed by atoms with Crippen molar-refractivity contribution in [2.75, 3.05) is 7.05 Å². The molecule has 54 valence electrons. The van der Waals surface area contributed by atoms with Gasteiger partial charge in [0.15, 0.2) is 0 Å². The van der Waals surface area contributed by atoms with Gasteiger partial charge in [0.2, 0.25) is 0 Å². The second-order valence-electron chi connectivity index (χ2n) is 2.45. The Morgan fingerprint density at radius 2 is 2.30 bits per heavy atom.